The van der Waals surface area contributed by atoms with E-state index in [1.165, 1.54) is 20.5 Å². The summed E-state index contributed by atoms with van der Waals surface area (Å²) in [7, 11) is 2.78. The molecule has 0 spiro atoms. The minimum absolute atomic E-state index is 0.191. The van der Waals surface area contributed by atoms with E-state index in [1.807, 2.05) is 25.1 Å². The number of halogens is 2. The molecule has 7 heteroatoms. The van der Waals surface area contributed by atoms with Crippen LogP contribution in [0.2, 0.25) is 10.0 Å². The molecule has 0 aromatic heterocycles. The van der Waals surface area contributed by atoms with Gasteiger partial charge in [0.05, 0.1) is 37.1 Å². The van der Waals surface area contributed by atoms with Crippen LogP contribution < -0.4 is 9.47 Å². The summed E-state index contributed by atoms with van der Waals surface area (Å²) in [6.45, 7) is 2.71. The van der Waals surface area contributed by atoms with Gasteiger partial charge in [0.2, 0.25) is 0 Å². The highest BCUT2D eigenvalue weighted by Gasteiger charge is 2.17. The van der Waals surface area contributed by atoms with Gasteiger partial charge in [-0.3, -0.25) is 0 Å². The highest BCUT2D eigenvalue weighted by atomic mass is 35.5. The van der Waals surface area contributed by atoms with Crippen LogP contribution in [-0.4, -0.2) is 26.8 Å². The van der Waals surface area contributed by atoms with Crippen molar-refractivity contribution in [1.29, 1.82) is 0 Å². The smallest absolute Gasteiger partial charge is 0.341 e. The van der Waals surface area contributed by atoms with Crippen molar-refractivity contribution in [2.24, 2.45) is 0 Å². The summed E-state index contributed by atoms with van der Waals surface area (Å²) in [6.07, 6.45) is 2.19. The Kier molecular flexibility index (Phi) is 8.48. The van der Waals surface area contributed by atoms with Gasteiger partial charge in [-0.05, 0) is 17.5 Å². The minimum atomic E-state index is -0.502. The Morgan fingerprint density at radius 1 is 1.07 bits per heavy atom. The summed E-state index contributed by atoms with van der Waals surface area (Å²) in [4.78, 5) is 12.1. The minimum Gasteiger partial charge on any atom is -0.503 e. The molecule has 28 heavy (non-hydrogen) atoms. The van der Waals surface area contributed by atoms with Crippen molar-refractivity contribution in [1.82, 2.24) is 0 Å². The Bertz CT molecular complexity index is 825. The van der Waals surface area contributed by atoms with Gasteiger partial charge < -0.3 is 18.9 Å². The molecule has 2 aromatic rings. The third-order valence-corrected chi connectivity index (χ3v) is 4.33. The molecule has 0 saturated carbocycles. The Balaban J connectivity index is 2.24. The van der Waals surface area contributed by atoms with Gasteiger partial charge in [-0.25, -0.2) is 4.79 Å². The van der Waals surface area contributed by atoms with Crippen molar-refractivity contribution in [3.8, 4) is 11.5 Å². The van der Waals surface area contributed by atoms with Crippen molar-refractivity contribution in [2.75, 3.05) is 20.8 Å². The standard InChI is InChI=1S/C21H22Cl2O5/c1-4-9-27-20-18(22)10-15(11-19(20)23)28-12-14-7-5-6-8-16(14)17(13-25-2)21(24)26-3/h5-8,10-11,13H,4,9,12H2,1-3H3. The maximum atomic E-state index is 12.1. The van der Waals surface area contributed by atoms with E-state index in [1.54, 1.807) is 18.2 Å². The van der Waals surface area contributed by atoms with Gasteiger partial charge in [-0.2, -0.15) is 0 Å². The molecule has 0 aliphatic heterocycles. The van der Waals surface area contributed by atoms with Crippen LogP contribution in [0.25, 0.3) is 5.57 Å². The highest BCUT2D eigenvalue weighted by Crippen LogP contribution is 2.37. The fourth-order valence-electron chi connectivity index (χ4n) is 2.48. The predicted molar refractivity (Wildman–Crippen MR) is 110 cm³/mol. The molecule has 0 aliphatic carbocycles. The molecular weight excluding hydrogens is 403 g/mol. The first kappa shape index (κ1) is 21.9. The molecule has 0 saturated heterocycles. The van der Waals surface area contributed by atoms with Crippen molar-refractivity contribution < 1.29 is 23.7 Å². The van der Waals surface area contributed by atoms with E-state index in [0.29, 0.717) is 39.3 Å². The lowest BCUT2D eigenvalue weighted by Crippen LogP contribution is -2.08. The van der Waals surface area contributed by atoms with E-state index in [2.05, 4.69) is 0 Å². The Morgan fingerprint density at radius 2 is 1.75 bits per heavy atom. The van der Waals surface area contributed by atoms with Gasteiger partial charge in [0, 0.05) is 12.1 Å². The molecular formula is C21H22Cl2O5. The maximum absolute atomic E-state index is 12.1. The van der Waals surface area contributed by atoms with E-state index in [4.69, 9.17) is 42.1 Å². The van der Waals surface area contributed by atoms with Crippen LogP contribution in [0, 0.1) is 0 Å². The molecule has 2 aromatic carbocycles. The SMILES string of the molecule is CCCOc1c(Cl)cc(OCc2ccccc2C(=COC)C(=O)OC)cc1Cl. The van der Waals surface area contributed by atoms with E-state index in [-0.39, 0.29) is 6.61 Å². The largest absolute Gasteiger partial charge is 0.503 e. The topological polar surface area (TPSA) is 54.0 Å². The number of ether oxygens (including phenoxy) is 4. The molecule has 5 nitrogen and oxygen atoms in total. The van der Waals surface area contributed by atoms with Crippen LogP contribution in [0.5, 0.6) is 11.5 Å². The van der Waals surface area contributed by atoms with E-state index in [0.717, 1.165) is 12.0 Å². The van der Waals surface area contributed by atoms with Crippen molar-refractivity contribution in [2.45, 2.75) is 20.0 Å². The first-order valence-electron chi connectivity index (χ1n) is 8.66. The van der Waals surface area contributed by atoms with E-state index < -0.39 is 5.97 Å². The average Bonchev–Trinajstić information content (AvgIpc) is 2.69. The van der Waals surface area contributed by atoms with Gasteiger partial charge in [0.1, 0.15) is 17.9 Å². The molecule has 0 fully saturated rings. The molecule has 0 heterocycles. The van der Waals surface area contributed by atoms with Gasteiger partial charge in [0.15, 0.2) is 5.75 Å². The summed E-state index contributed by atoms with van der Waals surface area (Å²) in [6, 6.07) is 10.6. The normalized spacial score (nSPS) is 11.1. The molecule has 0 aliphatic rings. The zero-order chi connectivity index (χ0) is 20.5. The average molecular weight is 425 g/mol. The molecule has 0 bridgehead atoms. The van der Waals surface area contributed by atoms with Crippen molar-refractivity contribution in [3.63, 3.8) is 0 Å². The lowest BCUT2D eigenvalue weighted by molar-refractivity contribution is -0.133. The number of hydrogen-bond acceptors (Lipinski definition) is 5. The van der Waals surface area contributed by atoms with Crippen molar-refractivity contribution >= 4 is 34.7 Å². The Labute approximate surface area is 174 Å². The van der Waals surface area contributed by atoms with Crippen LogP contribution in [0.1, 0.15) is 24.5 Å². The predicted octanol–water partition coefficient (Wildman–Crippen LogP) is 5.52. The number of carbonyl (C=O) groups is 1. The number of carbonyl (C=O) groups excluding carboxylic acids is 1. The van der Waals surface area contributed by atoms with E-state index >= 15 is 0 Å². The Hall–Kier alpha value is -2.37. The second-order valence-corrected chi connectivity index (χ2v) is 6.58. The fourth-order valence-corrected chi connectivity index (χ4v) is 3.06. The summed E-state index contributed by atoms with van der Waals surface area (Å²) >= 11 is 12.5. The van der Waals surface area contributed by atoms with Crippen LogP contribution in [0.3, 0.4) is 0 Å². The van der Waals surface area contributed by atoms with Crippen LogP contribution in [-0.2, 0) is 20.9 Å². The zero-order valence-corrected chi connectivity index (χ0v) is 17.5. The van der Waals surface area contributed by atoms with Crippen LogP contribution in [0.4, 0.5) is 0 Å². The van der Waals surface area contributed by atoms with Gasteiger partial charge in [-0.15, -0.1) is 0 Å². The third kappa shape index (κ3) is 5.57. The number of esters is 1. The van der Waals surface area contributed by atoms with Gasteiger partial charge in [-0.1, -0.05) is 54.4 Å². The Morgan fingerprint density at radius 3 is 2.36 bits per heavy atom. The maximum Gasteiger partial charge on any atom is 0.341 e. The second kappa shape index (κ2) is 10.8. The molecule has 0 radical (unpaired) electrons. The number of methoxy groups -OCH3 is 2. The highest BCUT2D eigenvalue weighted by molar-refractivity contribution is 6.37. The summed E-state index contributed by atoms with van der Waals surface area (Å²) in [5, 5.41) is 0.748. The quantitative estimate of drug-likeness (QED) is 0.301. The first-order valence-corrected chi connectivity index (χ1v) is 9.41. The van der Waals surface area contributed by atoms with Crippen molar-refractivity contribution in [3.05, 3.63) is 63.8 Å². The molecule has 0 atom stereocenters. The summed E-state index contributed by atoms with van der Waals surface area (Å²) in [5.74, 6) is 0.427. The van der Waals surface area contributed by atoms with Crippen LogP contribution >= 0.6 is 23.2 Å². The van der Waals surface area contributed by atoms with E-state index in [9.17, 15) is 4.79 Å². The fraction of sp³-hybridized carbons (Fsp3) is 0.286. The molecule has 0 unspecified atom stereocenters. The summed E-state index contributed by atoms with van der Waals surface area (Å²) < 4.78 is 21.3. The van der Waals surface area contributed by atoms with Gasteiger partial charge >= 0.3 is 5.97 Å². The van der Waals surface area contributed by atoms with Crippen LogP contribution in [0.15, 0.2) is 42.7 Å². The monoisotopic (exact) mass is 424 g/mol. The van der Waals surface area contributed by atoms with Gasteiger partial charge in [0.25, 0.3) is 0 Å². The third-order valence-electron chi connectivity index (χ3n) is 3.77. The second-order valence-electron chi connectivity index (χ2n) is 5.77. The summed E-state index contributed by atoms with van der Waals surface area (Å²) in [5.41, 5.74) is 1.72. The first-order chi connectivity index (χ1) is 13.5. The lowest BCUT2D eigenvalue weighted by atomic mass is 10.0. The lowest BCUT2D eigenvalue weighted by Gasteiger charge is -2.14. The molecule has 2 rings (SSSR count). The molecule has 0 N–H and O–H groups in total. The number of benzene rings is 2. The molecule has 150 valence electrons. The number of rotatable bonds is 9. The zero-order valence-electron chi connectivity index (χ0n) is 16.0. The molecule has 0 amide bonds. The number of hydrogen-bond donors (Lipinski definition) is 0.